The van der Waals surface area contributed by atoms with Crippen molar-refractivity contribution in [2.24, 2.45) is 5.73 Å². The second-order valence-electron chi connectivity index (χ2n) is 5.04. The Morgan fingerprint density at radius 1 is 1.00 bits per heavy atom. The van der Waals surface area contributed by atoms with Crippen molar-refractivity contribution in [1.82, 2.24) is 4.98 Å². The zero-order chi connectivity index (χ0) is 13.8. The predicted octanol–water partition coefficient (Wildman–Crippen LogP) is 4.38. The molecule has 3 heteroatoms. The Morgan fingerprint density at radius 3 is 2.26 bits per heavy atom. The van der Waals surface area contributed by atoms with Crippen molar-refractivity contribution in [3.63, 3.8) is 0 Å². The van der Waals surface area contributed by atoms with Gasteiger partial charge in [-0.15, -0.1) is 0 Å². The second-order valence-corrected chi connectivity index (χ2v) is 6.14. The maximum Gasteiger partial charge on any atom is 0.101 e. The number of benzene rings is 1. The van der Waals surface area contributed by atoms with E-state index in [-0.39, 0.29) is 6.04 Å². The lowest BCUT2D eigenvalue weighted by Crippen LogP contribution is -2.04. The molecule has 0 bridgehead atoms. The van der Waals surface area contributed by atoms with Crippen molar-refractivity contribution in [2.45, 2.75) is 42.7 Å². The Kier molecular flexibility index (Phi) is 4.61. The number of hydrogen-bond donors (Lipinski definition) is 1. The van der Waals surface area contributed by atoms with Crippen LogP contribution >= 0.6 is 11.8 Å². The first-order valence-electron chi connectivity index (χ1n) is 6.55. The van der Waals surface area contributed by atoms with E-state index >= 15 is 0 Å². The third-order valence-electron chi connectivity index (χ3n) is 3.05. The molecule has 1 aromatic heterocycles. The quantitative estimate of drug-likeness (QED) is 0.898. The number of aromatic nitrogens is 1. The van der Waals surface area contributed by atoms with E-state index in [1.165, 1.54) is 10.5 Å². The molecule has 19 heavy (non-hydrogen) atoms. The number of nitrogens with two attached hydrogens (primary N) is 1. The standard InChI is InChI=1S/C16H20N2S/c1-11(2)13-4-6-15(7-5-13)19-16-10-14(12(3)17)8-9-18-16/h4-12H,17H2,1-3H3/t12-/m1/s1. The zero-order valence-electron chi connectivity index (χ0n) is 11.6. The van der Waals surface area contributed by atoms with Gasteiger partial charge in [0.2, 0.25) is 0 Å². The van der Waals surface area contributed by atoms with Gasteiger partial charge in [-0.1, -0.05) is 37.7 Å². The summed E-state index contributed by atoms with van der Waals surface area (Å²) < 4.78 is 0. The van der Waals surface area contributed by atoms with E-state index in [0.29, 0.717) is 5.92 Å². The topological polar surface area (TPSA) is 38.9 Å². The maximum atomic E-state index is 5.89. The molecule has 0 amide bonds. The van der Waals surface area contributed by atoms with Crippen LogP contribution in [0.5, 0.6) is 0 Å². The molecule has 0 fully saturated rings. The molecule has 1 atom stereocenters. The minimum atomic E-state index is 0.0469. The van der Waals surface area contributed by atoms with E-state index in [2.05, 4.69) is 49.2 Å². The number of nitrogens with zero attached hydrogens (tertiary/aromatic N) is 1. The molecule has 0 unspecified atom stereocenters. The fourth-order valence-corrected chi connectivity index (χ4v) is 2.63. The van der Waals surface area contributed by atoms with Crippen LogP contribution in [0, 0.1) is 0 Å². The van der Waals surface area contributed by atoms with E-state index in [0.717, 1.165) is 10.6 Å². The van der Waals surface area contributed by atoms with Crippen LogP contribution in [0.4, 0.5) is 0 Å². The maximum absolute atomic E-state index is 5.89. The first-order valence-corrected chi connectivity index (χ1v) is 7.37. The SMILES string of the molecule is CC(C)c1ccc(Sc2cc([C@@H](C)N)ccn2)cc1. The highest BCUT2D eigenvalue weighted by Gasteiger charge is 2.04. The Balaban J connectivity index is 2.14. The Bertz CT molecular complexity index is 533. The molecular weight excluding hydrogens is 252 g/mol. The highest BCUT2D eigenvalue weighted by molar-refractivity contribution is 7.99. The normalized spacial score (nSPS) is 12.7. The van der Waals surface area contributed by atoms with Gasteiger partial charge in [0, 0.05) is 17.1 Å². The summed E-state index contributed by atoms with van der Waals surface area (Å²) in [6.45, 7) is 6.40. The highest BCUT2D eigenvalue weighted by atomic mass is 32.2. The Morgan fingerprint density at radius 2 is 1.68 bits per heavy atom. The van der Waals surface area contributed by atoms with Crippen LogP contribution in [0.25, 0.3) is 0 Å². The Labute approximate surface area is 119 Å². The van der Waals surface area contributed by atoms with Gasteiger partial charge in [0.25, 0.3) is 0 Å². The summed E-state index contributed by atoms with van der Waals surface area (Å²) >= 11 is 1.67. The molecule has 2 nitrogen and oxygen atoms in total. The zero-order valence-corrected chi connectivity index (χ0v) is 12.4. The fourth-order valence-electron chi connectivity index (χ4n) is 1.81. The van der Waals surface area contributed by atoms with Gasteiger partial charge in [-0.25, -0.2) is 4.98 Å². The van der Waals surface area contributed by atoms with Crippen molar-refractivity contribution >= 4 is 11.8 Å². The third-order valence-corrected chi connectivity index (χ3v) is 3.99. The average molecular weight is 272 g/mol. The molecular formula is C16H20N2S. The van der Waals surface area contributed by atoms with Gasteiger partial charge in [0.15, 0.2) is 0 Å². The molecule has 0 spiro atoms. The molecule has 0 aliphatic heterocycles. The molecule has 2 aromatic rings. The summed E-state index contributed by atoms with van der Waals surface area (Å²) in [6.07, 6.45) is 1.82. The molecule has 0 radical (unpaired) electrons. The molecule has 2 N–H and O–H groups in total. The molecule has 0 aliphatic rings. The first-order chi connectivity index (χ1) is 9.06. The van der Waals surface area contributed by atoms with E-state index in [1.807, 2.05) is 19.2 Å². The average Bonchev–Trinajstić information content (AvgIpc) is 2.39. The van der Waals surface area contributed by atoms with Crippen LogP contribution in [0.3, 0.4) is 0 Å². The molecule has 1 aromatic carbocycles. The first kappa shape index (κ1) is 14.1. The van der Waals surface area contributed by atoms with Crippen molar-refractivity contribution in [1.29, 1.82) is 0 Å². The van der Waals surface area contributed by atoms with Gasteiger partial charge in [-0.3, -0.25) is 0 Å². The lowest BCUT2D eigenvalue weighted by molar-refractivity contribution is 0.808. The van der Waals surface area contributed by atoms with E-state index < -0.39 is 0 Å². The van der Waals surface area contributed by atoms with Gasteiger partial charge in [0.05, 0.1) is 0 Å². The molecule has 0 aliphatic carbocycles. The molecule has 1 heterocycles. The summed E-state index contributed by atoms with van der Waals surface area (Å²) in [4.78, 5) is 5.59. The van der Waals surface area contributed by atoms with Crippen LogP contribution in [-0.4, -0.2) is 4.98 Å². The van der Waals surface area contributed by atoms with Crippen LogP contribution in [0.2, 0.25) is 0 Å². The third kappa shape index (κ3) is 3.82. The van der Waals surface area contributed by atoms with Crippen LogP contribution in [-0.2, 0) is 0 Å². The van der Waals surface area contributed by atoms with E-state index in [4.69, 9.17) is 5.73 Å². The molecule has 2 rings (SSSR count). The minimum Gasteiger partial charge on any atom is -0.324 e. The van der Waals surface area contributed by atoms with Crippen molar-refractivity contribution in [3.05, 3.63) is 53.7 Å². The van der Waals surface area contributed by atoms with Crippen molar-refractivity contribution in [3.8, 4) is 0 Å². The van der Waals surface area contributed by atoms with Gasteiger partial charge < -0.3 is 5.73 Å². The lowest BCUT2D eigenvalue weighted by atomic mass is 10.0. The number of rotatable bonds is 4. The molecule has 0 saturated carbocycles. The largest absolute Gasteiger partial charge is 0.324 e. The summed E-state index contributed by atoms with van der Waals surface area (Å²) in [5.74, 6) is 0.568. The molecule has 0 saturated heterocycles. The summed E-state index contributed by atoms with van der Waals surface area (Å²) in [5.41, 5.74) is 8.38. The Hall–Kier alpha value is -1.32. The summed E-state index contributed by atoms with van der Waals surface area (Å²) in [5, 5.41) is 0.993. The highest BCUT2D eigenvalue weighted by Crippen LogP contribution is 2.28. The van der Waals surface area contributed by atoms with Crippen LogP contribution in [0.1, 0.15) is 43.9 Å². The number of hydrogen-bond acceptors (Lipinski definition) is 3. The molecule has 100 valence electrons. The van der Waals surface area contributed by atoms with Gasteiger partial charge >= 0.3 is 0 Å². The smallest absolute Gasteiger partial charge is 0.101 e. The van der Waals surface area contributed by atoms with Gasteiger partial charge in [-0.2, -0.15) is 0 Å². The fraction of sp³-hybridized carbons (Fsp3) is 0.312. The van der Waals surface area contributed by atoms with Crippen LogP contribution < -0.4 is 5.73 Å². The van der Waals surface area contributed by atoms with E-state index in [1.54, 1.807) is 11.8 Å². The van der Waals surface area contributed by atoms with Gasteiger partial charge in [0.1, 0.15) is 5.03 Å². The summed E-state index contributed by atoms with van der Waals surface area (Å²) in [6, 6.07) is 12.7. The number of pyridine rings is 1. The monoisotopic (exact) mass is 272 g/mol. The summed E-state index contributed by atoms with van der Waals surface area (Å²) in [7, 11) is 0. The predicted molar refractivity (Wildman–Crippen MR) is 81.5 cm³/mol. The van der Waals surface area contributed by atoms with E-state index in [9.17, 15) is 0 Å². The second kappa shape index (κ2) is 6.22. The lowest BCUT2D eigenvalue weighted by Gasteiger charge is -2.08. The van der Waals surface area contributed by atoms with Crippen molar-refractivity contribution in [2.75, 3.05) is 0 Å². The minimum absolute atomic E-state index is 0.0469. The van der Waals surface area contributed by atoms with Crippen LogP contribution in [0.15, 0.2) is 52.5 Å². The van der Waals surface area contributed by atoms with Gasteiger partial charge in [-0.05, 0) is 48.2 Å². The van der Waals surface area contributed by atoms with Crippen molar-refractivity contribution < 1.29 is 0 Å².